The molecule has 0 radical (unpaired) electrons. The van der Waals surface area contributed by atoms with Crippen molar-refractivity contribution in [1.82, 2.24) is 4.90 Å². The van der Waals surface area contributed by atoms with Crippen LogP contribution >= 0.6 is 11.3 Å². The number of likely N-dealkylation sites (N-methyl/N-ethyl adjacent to an activating group) is 1. The van der Waals surface area contributed by atoms with Crippen LogP contribution in [0.25, 0.3) is 0 Å². The van der Waals surface area contributed by atoms with Gasteiger partial charge in [-0.05, 0) is 25.6 Å². The molecule has 2 aromatic rings. The second-order valence-electron chi connectivity index (χ2n) is 6.62. The van der Waals surface area contributed by atoms with Gasteiger partial charge in [-0.2, -0.15) is 13.2 Å². The number of hydrogen-bond donors (Lipinski definition) is 2. The molecule has 0 saturated carbocycles. The lowest BCUT2D eigenvalue weighted by molar-refractivity contribution is -0.385. The van der Waals surface area contributed by atoms with Gasteiger partial charge in [-0.3, -0.25) is 14.8 Å². The molecule has 0 aliphatic carbocycles. The van der Waals surface area contributed by atoms with Crippen molar-refractivity contribution in [3.8, 4) is 10.8 Å². The number of anilines is 1. The van der Waals surface area contributed by atoms with Gasteiger partial charge in [0, 0.05) is 19.2 Å². The standard InChI is InChI=1S/C16H16F3N3O6S2/c1-21-5-4-10(8-21)28-13-6-9(2-3-11(13)16(17,18)19)20-30(26,27)14-7-12(22(24)25)15(23)29-14/h2-3,6-7,10,20,23H,4-5,8H2,1H3/t10-/m1/s1. The number of aromatic hydroxyl groups is 1. The summed E-state index contributed by atoms with van der Waals surface area (Å²) in [7, 11) is -2.59. The van der Waals surface area contributed by atoms with Crippen LogP contribution in [0.4, 0.5) is 24.5 Å². The van der Waals surface area contributed by atoms with Crippen LogP contribution in [0.3, 0.4) is 0 Å². The summed E-state index contributed by atoms with van der Waals surface area (Å²) in [5, 5.41) is 19.5. The highest BCUT2D eigenvalue weighted by molar-refractivity contribution is 7.94. The van der Waals surface area contributed by atoms with Crippen molar-refractivity contribution >= 4 is 32.7 Å². The molecule has 1 aromatic heterocycles. The van der Waals surface area contributed by atoms with E-state index in [0.717, 1.165) is 12.1 Å². The zero-order valence-corrected chi connectivity index (χ0v) is 17.0. The topological polar surface area (TPSA) is 122 Å². The summed E-state index contributed by atoms with van der Waals surface area (Å²) in [5.41, 5.74) is -2.06. The predicted octanol–water partition coefficient (Wildman–Crippen LogP) is 3.26. The van der Waals surface area contributed by atoms with Crippen LogP contribution in [-0.2, 0) is 16.2 Å². The Kier molecular flexibility index (Phi) is 5.84. The van der Waals surface area contributed by atoms with Gasteiger partial charge in [0.05, 0.1) is 22.2 Å². The third-order valence-corrected chi connectivity index (χ3v) is 7.10. The van der Waals surface area contributed by atoms with E-state index < -0.39 is 53.5 Å². The number of benzene rings is 1. The maximum Gasteiger partial charge on any atom is 0.419 e. The van der Waals surface area contributed by atoms with Crippen LogP contribution in [0.2, 0.25) is 0 Å². The number of alkyl halides is 3. The zero-order chi connectivity index (χ0) is 22.3. The van der Waals surface area contributed by atoms with Crippen molar-refractivity contribution in [3.05, 3.63) is 39.9 Å². The first-order valence-electron chi connectivity index (χ1n) is 8.43. The fourth-order valence-electron chi connectivity index (χ4n) is 2.91. The summed E-state index contributed by atoms with van der Waals surface area (Å²) in [6, 6.07) is 3.19. The Bertz CT molecular complexity index is 1070. The van der Waals surface area contributed by atoms with Crippen LogP contribution in [-0.4, -0.2) is 49.6 Å². The first kappa shape index (κ1) is 22.1. The highest BCUT2D eigenvalue weighted by Gasteiger charge is 2.36. The van der Waals surface area contributed by atoms with Gasteiger partial charge in [-0.15, -0.1) is 0 Å². The highest BCUT2D eigenvalue weighted by atomic mass is 32.2. The molecule has 0 amide bonds. The minimum atomic E-state index is -4.71. The predicted molar refractivity (Wildman–Crippen MR) is 101 cm³/mol. The molecule has 2 N–H and O–H groups in total. The monoisotopic (exact) mass is 467 g/mol. The van der Waals surface area contributed by atoms with Crippen molar-refractivity contribution in [2.75, 3.05) is 24.9 Å². The normalized spacial score (nSPS) is 17.8. The van der Waals surface area contributed by atoms with Crippen LogP contribution in [0.5, 0.6) is 10.8 Å². The number of nitrogens with one attached hydrogen (secondary N) is 1. The highest BCUT2D eigenvalue weighted by Crippen LogP contribution is 2.41. The largest absolute Gasteiger partial charge is 0.495 e. The maximum absolute atomic E-state index is 13.3. The Hall–Kier alpha value is -2.58. The Morgan fingerprint density at radius 2 is 2.07 bits per heavy atom. The van der Waals surface area contributed by atoms with E-state index in [0.29, 0.717) is 31.6 Å². The molecule has 1 aliphatic heterocycles. The van der Waals surface area contributed by atoms with E-state index in [9.17, 15) is 36.8 Å². The van der Waals surface area contributed by atoms with Gasteiger partial charge in [0.15, 0.2) is 4.21 Å². The molecular formula is C16H16F3N3O6S2. The maximum atomic E-state index is 13.3. The van der Waals surface area contributed by atoms with Crippen LogP contribution < -0.4 is 9.46 Å². The molecule has 1 aromatic carbocycles. The quantitative estimate of drug-likeness (QED) is 0.494. The molecule has 1 atom stereocenters. The minimum Gasteiger partial charge on any atom is -0.495 e. The lowest BCUT2D eigenvalue weighted by Crippen LogP contribution is -2.23. The smallest absolute Gasteiger partial charge is 0.419 e. The molecule has 9 nitrogen and oxygen atoms in total. The Morgan fingerprint density at radius 1 is 1.37 bits per heavy atom. The van der Waals surface area contributed by atoms with E-state index >= 15 is 0 Å². The molecule has 30 heavy (non-hydrogen) atoms. The molecule has 1 fully saturated rings. The number of thiophene rings is 1. The van der Waals surface area contributed by atoms with Gasteiger partial charge in [0.2, 0.25) is 0 Å². The van der Waals surface area contributed by atoms with E-state index in [4.69, 9.17) is 4.74 Å². The van der Waals surface area contributed by atoms with Gasteiger partial charge in [0.25, 0.3) is 15.1 Å². The molecule has 0 unspecified atom stereocenters. The van der Waals surface area contributed by atoms with Crippen molar-refractivity contribution in [2.45, 2.75) is 22.9 Å². The van der Waals surface area contributed by atoms with Crippen molar-refractivity contribution in [1.29, 1.82) is 0 Å². The van der Waals surface area contributed by atoms with Crippen molar-refractivity contribution in [2.24, 2.45) is 0 Å². The second-order valence-corrected chi connectivity index (χ2v) is 9.56. The average molecular weight is 467 g/mol. The van der Waals surface area contributed by atoms with E-state index in [1.165, 1.54) is 0 Å². The number of halogens is 3. The van der Waals surface area contributed by atoms with Gasteiger partial charge < -0.3 is 14.7 Å². The van der Waals surface area contributed by atoms with Crippen molar-refractivity contribution < 1.29 is 36.4 Å². The minimum absolute atomic E-state index is 0.222. The fraction of sp³-hybridized carbons (Fsp3) is 0.375. The number of hydrogen-bond acceptors (Lipinski definition) is 8. The average Bonchev–Trinajstić information content (AvgIpc) is 3.19. The summed E-state index contributed by atoms with van der Waals surface area (Å²) in [5.74, 6) is -0.525. The van der Waals surface area contributed by atoms with Crippen LogP contribution in [0.1, 0.15) is 12.0 Å². The Labute approximate surface area is 172 Å². The SMILES string of the molecule is CN1CC[C@@H](Oc2cc(NS(=O)(=O)c3cc([N+](=O)[O-])c(O)s3)ccc2C(F)(F)F)C1. The Morgan fingerprint density at radius 3 is 2.60 bits per heavy atom. The molecule has 164 valence electrons. The van der Waals surface area contributed by atoms with E-state index in [1.807, 2.05) is 4.90 Å². The molecule has 2 heterocycles. The molecule has 1 saturated heterocycles. The molecule has 14 heteroatoms. The number of likely N-dealkylation sites (tertiary alicyclic amines) is 1. The van der Waals surface area contributed by atoms with Gasteiger partial charge >= 0.3 is 11.9 Å². The lowest BCUT2D eigenvalue weighted by atomic mass is 10.1. The molecule has 0 spiro atoms. The third-order valence-electron chi connectivity index (χ3n) is 4.31. The molecular weight excluding hydrogens is 451 g/mol. The lowest BCUT2D eigenvalue weighted by Gasteiger charge is -2.19. The summed E-state index contributed by atoms with van der Waals surface area (Å²) in [6.45, 7) is 1.07. The summed E-state index contributed by atoms with van der Waals surface area (Å²) in [4.78, 5) is 11.7. The third kappa shape index (κ3) is 4.76. The van der Waals surface area contributed by atoms with Crippen LogP contribution in [0.15, 0.2) is 28.5 Å². The Balaban J connectivity index is 1.91. The first-order chi connectivity index (χ1) is 13.9. The van der Waals surface area contributed by atoms with Crippen LogP contribution in [0, 0.1) is 10.1 Å². The van der Waals surface area contributed by atoms with Crippen molar-refractivity contribution in [3.63, 3.8) is 0 Å². The molecule has 0 bridgehead atoms. The number of sulfonamides is 1. The van der Waals surface area contributed by atoms with E-state index in [1.54, 1.807) is 7.05 Å². The summed E-state index contributed by atoms with van der Waals surface area (Å²) >= 11 is 0.254. The van der Waals surface area contributed by atoms with E-state index in [-0.39, 0.29) is 17.0 Å². The summed E-state index contributed by atoms with van der Waals surface area (Å²) in [6.07, 6.45) is -4.68. The second kappa shape index (κ2) is 7.92. The number of nitro groups is 1. The van der Waals surface area contributed by atoms with Gasteiger partial charge in [-0.1, -0.05) is 11.3 Å². The first-order valence-corrected chi connectivity index (χ1v) is 10.7. The van der Waals surface area contributed by atoms with Gasteiger partial charge in [0.1, 0.15) is 11.9 Å². The number of nitrogens with zero attached hydrogens (tertiary/aromatic N) is 2. The fourth-order valence-corrected chi connectivity index (χ4v) is 5.11. The summed E-state index contributed by atoms with van der Waals surface area (Å²) < 4.78 is 71.9. The van der Waals surface area contributed by atoms with E-state index in [2.05, 4.69) is 4.72 Å². The number of ether oxygens (including phenoxy) is 1. The molecule has 3 rings (SSSR count). The number of rotatable bonds is 6. The van der Waals surface area contributed by atoms with Gasteiger partial charge in [-0.25, -0.2) is 8.42 Å². The zero-order valence-electron chi connectivity index (χ0n) is 15.3. The molecule has 1 aliphatic rings.